The maximum absolute atomic E-state index is 12.5. The van der Waals surface area contributed by atoms with Crippen molar-refractivity contribution in [2.45, 2.75) is 51.8 Å². The zero-order chi connectivity index (χ0) is 23.2. The second kappa shape index (κ2) is 10.1. The number of oxazole rings is 2. The topological polar surface area (TPSA) is 166 Å². The van der Waals surface area contributed by atoms with E-state index in [-0.39, 0.29) is 23.2 Å². The van der Waals surface area contributed by atoms with Gasteiger partial charge in [-0.15, -0.1) is 0 Å². The Hall–Kier alpha value is -3.41. The van der Waals surface area contributed by atoms with Crippen molar-refractivity contribution in [1.29, 1.82) is 0 Å². The van der Waals surface area contributed by atoms with Gasteiger partial charge in [0.05, 0.1) is 13.7 Å². The summed E-state index contributed by atoms with van der Waals surface area (Å²) >= 11 is 0. The first-order valence-electron chi connectivity index (χ1n) is 9.48. The van der Waals surface area contributed by atoms with Crippen molar-refractivity contribution < 1.29 is 37.8 Å². The molecule has 0 saturated carbocycles. The second-order valence-electron chi connectivity index (χ2n) is 7.45. The third kappa shape index (κ3) is 6.54. The molecule has 0 spiro atoms. The minimum absolute atomic E-state index is 0.0852. The summed E-state index contributed by atoms with van der Waals surface area (Å²) in [4.78, 5) is 44.0. The van der Waals surface area contributed by atoms with E-state index in [0.717, 1.165) is 12.5 Å². The van der Waals surface area contributed by atoms with Gasteiger partial charge in [-0.05, 0) is 27.2 Å². The minimum Gasteiger partial charge on any atom is -0.464 e. The number of carbonyl (C=O) groups is 3. The summed E-state index contributed by atoms with van der Waals surface area (Å²) in [5, 5.41) is 14.7. The molecule has 0 saturated heterocycles. The van der Waals surface area contributed by atoms with Crippen LogP contribution in [-0.2, 0) is 9.47 Å². The van der Waals surface area contributed by atoms with E-state index in [2.05, 4.69) is 25.3 Å². The molecule has 12 nitrogen and oxygen atoms in total. The lowest BCUT2D eigenvalue weighted by atomic mass is 10.2. The highest BCUT2D eigenvalue weighted by Gasteiger charge is 2.26. The molecular formula is C19H26N4O8. The van der Waals surface area contributed by atoms with Gasteiger partial charge in [0, 0.05) is 0 Å². The Labute approximate surface area is 178 Å². The summed E-state index contributed by atoms with van der Waals surface area (Å²) in [6, 6.07) is -1.65. The molecule has 31 heavy (non-hydrogen) atoms. The van der Waals surface area contributed by atoms with E-state index in [9.17, 15) is 19.5 Å². The molecule has 2 unspecified atom stereocenters. The van der Waals surface area contributed by atoms with Crippen molar-refractivity contribution in [3.63, 3.8) is 0 Å². The average molecular weight is 438 g/mol. The molecule has 2 atom stereocenters. The lowest BCUT2D eigenvalue weighted by Gasteiger charge is -2.21. The van der Waals surface area contributed by atoms with Crippen molar-refractivity contribution >= 4 is 18.0 Å². The number of hydrogen-bond donors (Lipinski definition) is 3. The van der Waals surface area contributed by atoms with Crippen LogP contribution in [0.25, 0.3) is 0 Å². The number of aliphatic hydroxyl groups excluding tert-OH is 1. The Morgan fingerprint density at radius 3 is 2.19 bits per heavy atom. The number of nitrogens with zero attached hydrogens (tertiary/aromatic N) is 2. The average Bonchev–Trinajstić information content (AvgIpc) is 3.38. The van der Waals surface area contributed by atoms with Crippen LogP contribution in [0.1, 0.15) is 79.0 Å². The molecule has 0 bridgehead atoms. The third-order valence-corrected chi connectivity index (χ3v) is 3.85. The maximum Gasteiger partial charge on any atom is 0.408 e. The summed E-state index contributed by atoms with van der Waals surface area (Å²) in [6.07, 6.45) is 1.97. The van der Waals surface area contributed by atoms with Crippen molar-refractivity contribution in [2.24, 2.45) is 0 Å². The van der Waals surface area contributed by atoms with Crippen molar-refractivity contribution in [1.82, 2.24) is 20.6 Å². The molecule has 2 aromatic heterocycles. The van der Waals surface area contributed by atoms with E-state index >= 15 is 0 Å². The summed E-state index contributed by atoms with van der Waals surface area (Å²) in [6.45, 7) is 6.47. The van der Waals surface area contributed by atoms with Gasteiger partial charge in [-0.25, -0.2) is 19.6 Å². The SMILES string of the molecule is CCC(NC(=O)OC(C)(C)C)c1nc(C(=O)NC(CO)c2nc(C(=O)OC)co2)co1. The standard InChI is InChI=1S/C19H26N4O8/c1-6-10(23-18(27)31-19(2,3)4)15-21-12(8-29-15)14(25)20-11(7-24)16-22-13(9-30-16)17(26)28-5/h8-11,24H,6-7H2,1-5H3,(H,20,25)(H,23,27). The van der Waals surface area contributed by atoms with Crippen molar-refractivity contribution in [2.75, 3.05) is 13.7 Å². The molecule has 2 rings (SSSR count). The number of methoxy groups -OCH3 is 1. The van der Waals surface area contributed by atoms with E-state index < -0.39 is 42.3 Å². The van der Waals surface area contributed by atoms with Crippen LogP contribution in [0.5, 0.6) is 0 Å². The fourth-order valence-corrected chi connectivity index (χ4v) is 2.40. The number of carbonyl (C=O) groups excluding carboxylic acids is 3. The van der Waals surface area contributed by atoms with Gasteiger partial charge >= 0.3 is 12.1 Å². The second-order valence-corrected chi connectivity index (χ2v) is 7.45. The van der Waals surface area contributed by atoms with Crippen LogP contribution in [0.3, 0.4) is 0 Å². The van der Waals surface area contributed by atoms with E-state index in [1.807, 2.05) is 0 Å². The van der Waals surface area contributed by atoms with Gasteiger partial charge in [-0.3, -0.25) is 4.79 Å². The number of esters is 1. The molecule has 0 radical (unpaired) electrons. The first-order valence-corrected chi connectivity index (χ1v) is 9.48. The molecule has 0 aliphatic carbocycles. The molecule has 12 heteroatoms. The first kappa shape index (κ1) is 23.9. The molecule has 2 amide bonds. The third-order valence-electron chi connectivity index (χ3n) is 3.85. The normalized spacial score (nSPS) is 13.2. The van der Waals surface area contributed by atoms with Crippen LogP contribution in [0.2, 0.25) is 0 Å². The van der Waals surface area contributed by atoms with Crippen molar-refractivity contribution in [3.8, 4) is 0 Å². The predicted octanol–water partition coefficient (Wildman–Crippen LogP) is 1.89. The Bertz CT molecular complexity index is 914. The van der Waals surface area contributed by atoms with Gasteiger partial charge in [0.1, 0.15) is 30.2 Å². The predicted molar refractivity (Wildman–Crippen MR) is 104 cm³/mol. The molecule has 0 aliphatic rings. The summed E-state index contributed by atoms with van der Waals surface area (Å²) in [7, 11) is 1.19. The molecule has 2 heterocycles. The van der Waals surface area contributed by atoms with E-state index in [0.29, 0.717) is 6.42 Å². The molecule has 0 aliphatic heterocycles. The number of hydrogen-bond acceptors (Lipinski definition) is 10. The Kier molecular flexibility index (Phi) is 7.75. The number of ether oxygens (including phenoxy) is 2. The molecule has 2 aromatic rings. The number of alkyl carbamates (subject to hydrolysis) is 1. The van der Waals surface area contributed by atoms with Crippen LogP contribution in [-0.4, -0.2) is 52.4 Å². The van der Waals surface area contributed by atoms with Gasteiger partial charge in [0.15, 0.2) is 11.4 Å². The number of aromatic nitrogens is 2. The Balaban J connectivity index is 2.06. The van der Waals surface area contributed by atoms with E-state index in [1.54, 1.807) is 27.7 Å². The Morgan fingerprint density at radius 1 is 1.06 bits per heavy atom. The highest BCUT2D eigenvalue weighted by Crippen LogP contribution is 2.19. The zero-order valence-corrected chi connectivity index (χ0v) is 17.9. The fourth-order valence-electron chi connectivity index (χ4n) is 2.40. The van der Waals surface area contributed by atoms with E-state index in [4.69, 9.17) is 13.6 Å². The smallest absolute Gasteiger partial charge is 0.408 e. The molecule has 3 N–H and O–H groups in total. The number of rotatable bonds is 8. The molecule has 0 aromatic carbocycles. The zero-order valence-electron chi connectivity index (χ0n) is 17.9. The Morgan fingerprint density at radius 2 is 1.65 bits per heavy atom. The van der Waals surface area contributed by atoms with E-state index in [1.165, 1.54) is 7.11 Å². The monoisotopic (exact) mass is 438 g/mol. The van der Waals surface area contributed by atoms with Gasteiger partial charge in [-0.2, -0.15) is 0 Å². The first-order chi connectivity index (χ1) is 14.6. The lowest BCUT2D eigenvalue weighted by Crippen LogP contribution is -2.35. The highest BCUT2D eigenvalue weighted by atomic mass is 16.6. The van der Waals surface area contributed by atoms with Crippen LogP contribution in [0, 0.1) is 0 Å². The maximum atomic E-state index is 12.5. The van der Waals surface area contributed by atoms with Gasteiger partial charge in [0.25, 0.3) is 5.91 Å². The number of nitrogens with one attached hydrogen (secondary N) is 2. The number of amides is 2. The number of aliphatic hydroxyl groups is 1. The largest absolute Gasteiger partial charge is 0.464 e. The minimum atomic E-state index is -1.03. The van der Waals surface area contributed by atoms with Crippen LogP contribution >= 0.6 is 0 Å². The lowest BCUT2D eigenvalue weighted by molar-refractivity contribution is 0.0493. The quantitative estimate of drug-likeness (QED) is 0.518. The van der Waals surface area contributed by atoms with Gasteiger partial charge < -0.3 is 34.0 Å². The fraction of sp³-hybridized carbons (Fsp3) is 0.526. The van der Waals surface area contributed by atoms with Gasteiger partial charge in [0.2, 0.25) is 11.8 Å². The molecular weight excluding hydrogens is 412 g/mol. The summed E-state index contributed by atoms with van der Waals surface area (Å²) < 4.78 is 20.2. The van der Waals surface area contributed by atoms with Crippen LogP contribution in [0.15, 0.2) is 21.4 Å². The van der Waals surface area contributed by atoms with Gasteiger partial charge in [-0.1, -0.05) is 6.92 Å². The van der Waals surface area contributed by atoms with Crippen molar-refractivity contribution in [3.05, 3.63) is 35.7 Å². The summed E-state index contributed by atoms with van der Waals surface area (Å²) in [5.41, 5.74) is -0.859. The summed E-state index contributed by atoms with van der Waals surface area (Å²) in [5.74, 6) is -1.37. The molecule has 0 fully saturated rings. The molecule has 170 valence electrons. The highest BCUT2D eigenvalue weighted by molar-refractivity contribution is 5.92. The van der Waals surface area contributed by atoms with Crippen LogP contribution in [0.4, 0.5) is 4.79 Å². The van der Waals surface area contributed by atoms with Crippen LogP contribution < -0.4 is 10.6 Å².